The van der Waals surface area contributed by atoms with Crippen LogP contribution in [0.15, 0.2) is 29.3 Å². The van der Waals surface area contributed by atoms with Crippen molar-refractivity contribution in [3.63, 3.8) is 0 Å². The number of amides is 1. The van der Waals surface area contributed by atoms with E-state index in [-0.39, 0.29) is 11.5 Å². The van der Waals surface area contributed by atoms with Crippen molar-refractivity contribution in [1.29, 1.82) is 0 Å². The number of carbonyl (C=O) groups excluding carboxylic acids is 1. The topological polar surface area (TPSA) is 74.8 Å². The van der Waals surface area contributed by atoms with E-state index in [1.165, 1.54) is 0 Å². The molecule has 0 aromatic heterocycles. The number of rotatable bonds is 8. The summed E-state index contributed by atoms with van der Waals surface area (Å²) in [5.74, 6) is 0.656. The number of aliphatic imine (C=N–C) groups is 1. The second-order valence-corrected chi connectivity index (χ2v) is 6.20. The van der Waals surface area contributed by atoms with Crippen LogP contribution in [0.1, 0.15) is 43.1 Å². The Labute approximate surface area is 145 Å². The van der Waals surface area contributed by atoms with E-state index in [1.54, 1.807) is 14.2 Å². The van der Waals surface area contributed by atoms with Gasteiger partial charge in [0.25, 0.3) is 5.91 Å². The van der Waals surface area contributed by atoms with Gasteiger partial charge in [-0.1, -0.05) is 19.1 Å². The zero-order valence-corrected chi connectivity index (χ0v) is 15.4. The van der Waals surface area contributed by atoms with Crippen molar-refractivity contribution in [2.24, 2.45) is 4.99 Å². The normalized spacial score (nSPS) is 12.0. The molecule has 1 aromatic carbocycles. The number of nitrogens with zero attached hydrogens (tertiary/aromatic N) is 1. The molecular formula is C18H30N4O2. The van der Waals surface area contributed by atoms with Crippen molar-refractivity contribution in [1.82, 2.24) is 16.0 Å². The lowest BCUT2D eigenvalue weighted by Gasteiger charge is -2.24. The van der Waals surface area contributed by atoms with Crippen LogP contribution >= 0.6 is 0 Å². The SMILES string of the molecule is CCCNC(=O)c1cccc(CNC(=NC)NCC(C)(C)OC)c1. The highest BCUT2D eigenvalue weighted by molar-refractivity contribution is 5.94. The Kier molecular flexibility index (Phi) is 8.26. The van der Waals surface area contributed by atoms with Gasteiger partial charge in [0.15, 0.2) is 5.96 Å². The number of methoxy groups -OCH3 is 1. The Bertz CT molecular complexity index is 556. The molecule has 0 aliphatic carbocycles. The molecule has 3 N–H and O–H groups in total. The fourth-order valence-corrected chi connectivity index (χ4v) is 1.94. The summed E-state index contributed by atoms with van der Waals surface area (Å²) in [6.45, 7) is 7.96. The van der Waals surface area contributed by atoms with Crippen LogP contribution in [-0.2, 0) is 11.3 Å². The lowest BCUT2D eigenvalue weighted by molar-refractivity contribution is 0.0268. The highest BCUT2D eigenvalue weighted by Crippen LogP contribution is 2.06. The average molecular weight is 334 g/mol. The molecule has 0 radical (unpaired) electrons. The van der Waals surface area contributed by atoms with Crippen molar-refractivity contribution >= 4 is 11.9 Å². The fraction of sp³-hybridized carbons (Fsp3) is 0.556. The Hall–Kier alpha value is -2.08. The summed E-state index contributed by atoms with van der Waals surface area (Å²) in [7, 11) is 3.41. The largest absolute Gasteiger partial charge is 0.377 e. The highest BCUT2D eigenvalue weighted by atomic mass is 16.5. The Morgan fingerprint density at radius 3 is 2.62 bits per heavy atom. The average Bonchev–Trinajstić information content (AvgIpc) is 2.60. The molecule has 6 heteroatoms. The van der Waals surface area contributed by atoms with E-state index in [0.29, 0.717) is 31.2 Å². The number of hydrogen-bond acceptors (Lipinski definition) is 3. The van der Waals surface area contributed by atoms with Crippen molar-refractivity contribution in [2.75, 3.05) is 27.2 Å². The molecule has 0 unspecified atom stereocenters. The second-order valence-electron chi connectivity index (χ2n) is 6.20. The molecular weight excluding hydrogens is 304 g/mol. The van der Waals surface area contributed by atoms with Gasteiger partial charge in [-0.3, -0.25) is 9.79 Å². The van der Waals surface area contributed by atoms with E-state index in [9.17, 15) is 4.79 Å². The summed E-state index contributed by atoms with van der Waals surface area (Å²) >= 11 is 0. The van der Waals surface area contributed by atoms with Crippen LogP contribution in [0.5, 0.6) is 0 Å². The first-order valence-corrected chi connectivity index (χ1v) is 8.28. The molecule has 0 saturated heterocycles. The van der Waals surface area contributed by atoms with E-state index < -0.39 is 0 Å². The first-order chi connectivity index (χ1) is 11.4. The zero-order valence-electron chi connectivity index (χ0n) is 15.4. The Morgan fingerprint density at radius 1 is 1.25 bits per heavy atom. The smallest absolute Gasteiger partial charge is 0.251 e. The van der Waals surface area contributed by atoms with Crippen LogP contribution in [0.25, 0.3) is 0 Å². The molecule has 0 atom stereocenters. The lowest BCUT2D eigenvalue weighted by atomic mass is 10.1. The highest BCUT2D eigenvalue weighted by Gasteiger charge is 2.16. The summed E-state index contributed by atoms with van der Waals surface area (Å²) in [5, 5.41) is 9.36. The van der Waals surface area contributed by atoms with Gasteiger partial charge >= 0.3 is 0 Å². The first-order valence-electron chi connectivity index (χ1n) is 8.28. The summed E-state index contributed by atoms with van der Waals surface area (Å²) in [4.78, 5) is 16.2. The minimum absolute atomic E-state index is 0.0388. The van der Waals surface area contributed by atoms with Crippen LogP contribution < -0.4 is 16.0 Å². The number of hydrogen-bond donors (Lipinski definition) is 3. The number of guanidine groups is 1. The van der Waals surface area contributed by atoms with E-state index in [2.05, 4.69) is 20.9 Å². The molecule has 24 heavy (non-hydrogen) atoms. The molecule has 1 rings (SSSR count). The third kappa shape index (κ3) is 7.00. The van der Waals surface area contributed by atoms with Gasteiger partial charge in [-0.25, -0.2) is 0 Å². The number of benzene rings is 1. The van der Waals surface area contributed by atoms with Crippen LogP contribution in [0.4, 0.5) is 0 Å². The van der Waals surface area contributed by atoms with Gasteiger partial charge in [-0.15, -0.1) is 0 Å². The molecule has 0 aliphatic rings. The maximum absolute atomic E-state index is 12.0. The van der Waals surface area contributed by atoms with Crippen molar-refractivity contribution < 1.29 is 9.53 Å². The molecule has 6 nitrogen and oxygen atoms in total. The molecule has 0 spiro atoms. The molecule has 134 valence electrons. The number of ether oxygens (including phenoxy) is 1. The van der Waals surface area contributed by atoms with Crippen molar-refractivity contribution in [3.05, 3.63) is 35.4 Å². The molecule has 0 saturated carbocycles. The van der Waals surface area contributed by atoms with Gasteiger partial charge in [0.1, 0.15) is 0 Å². The zero-order chi connectivity index (χ0) is 18.0. The molecule has 1 amide bonds. The minimum atomic E-state index is -0.269. The number of carbonyl (C=O) groups is 1. The van der Waals surface area contributed by atoms with Crippen molar-refractivity contribution in [2.45, 2.75) is 39.3 Å². The van der Waals surface area contributed by atoms with Gasteiger partial charge in [0.2, 0.25) is 0 Å². The van der Waals surface area contributed by atoms with Crippen LogP contribution in [0.3, 0.4) is 0 Å². The van der Waals surface area contributed by atoms with Gasteiger partial charge in [-0.2, -0.15) is 0 Å². The molecule has 0 aliphatic heterocycles. The van der Waals surface area contributed by atoms with Crippen LogP contribution in [0.2, 0.25) is 0 Å². The van der Waals surface area contributed by atoms with E-state index >= 15 is 0 Å². The Balaban J connectivity index is 2.58. The van der Waals surface area contributed by atoms with Gasteiger partial charge < -0.3 is 20.7 Å². The van der Waals surface area contributed by atoms with E-state index in [0.717, 1.165) is 12.0 Å². The molecule has 0 bridgehead atoms. The number of nitrogens with one attached hydrogen (secondary N) is 3. The van der Waals surface area contributed by atoms with E-state index in [1.807, 2.05) is 45.0 Å². The van der Waals surface area contributed by atoms with Gasteiger partial charge in [-0.05, 0) is 38.0 Å². The third-order valence-electron chi connectivity index (χ3n) is 3.64. The van der Waals surface area contributed by atoms with Crippen LogP contribution in [0, 0.1) is 0 Å². The molecule has 0 heterocycles. The standard InChI is InChI=1S/C18H30N4O2/c1-6-10-20-16(23)15-9-7-8-14(11-15)12-21-17(19-4)22-13-18(2,3)24-5/h7-9,11H,6,10,12-13H2,1-5H3,(H,20,23)(H2,19,21,22). The monoisotopic (exact) mass is 334 g/mol. The maximum atomic E-state index is 12.0. The predicted octanol–water partition coefficient (Wildman–Crippen LogP) is 1.92. The van der Waals surface area contributed by atoms with Gasteiger partial charge in [0, 0.05) is 39.4 Å². The summed E-state index contributed by atoms with van der Waals surface area (Å²) < 4.78 is 5.38. The molecule has 0 fully saturated rings. The van der Waals surface area contributed by atoms with E-state index in [4.69, 9.17) is 4.74 Å². The van der Waals surface area contributed by atoms with Crippen LogP contribution in [-0.4, -0.2) is 44.7 Å². The third-order valence-corrected chi connectivity index (χ3v) is 3.64. The summed E-state index contributed by atoms with van der Waals surface area (Å²) in [6.07, 6.45) is 0.923. The lowest BCUT2D eigenvalue weighted by Crippen LogP contribution is -2.45. The Morgan fingerprint density at radius 2 is 2.00 bits per heavy atom. The first kappa shape index (κ1) is 20.0. The molecule has 1 aromatic rings. The maximum Gasteiger partial charge on any atom is 0.251 e. The van der Waals surface area contributed by atoms with Gasteiger partial charge in [0.05, 0.1) is 5.60 Å². The predicted molar refractivity (Wildman–Crippen MR) is 98.4 cm³/mol. The summed E-state index contributed by atoms with van der Waals surface area (Å²) in [6, 6.07) is 7.59. The summed E-state index contributed by atoms with van der Waals surface area (Å²) in [5.41, 5.74) is 1.42. The quantitative estimate of drug-likeness (QED) is 0.501. The fourth-order valence-electron chi connectivity index (χ4n) is 1.94. The minimum Gasteiger partial charge on any atom is -0.377 e. The van der Waals surface area contributed by atoms with Crippen molar-refractivity contribution in [3.8, 4) is 0 Å². The second kappa shape index (κ2) is 9.93.